The Morgan fingerprint density at radius 1 is 1.39 bits per heavy atom. The average molecular weight is 316 g/mol. The maximum atomic E-state index is 5.70. The molecule has 2 aromatic rings. The molecular formula is C19H28N2O2. The van der Waals surface area contributed by atoms with Gasteiger partial charge in [0.25, 0.3) is 0 Å². The van der Waals surface area contributed by atoms with Crippen molar-refractivity contribution >= 4 is 10.9 Å². The van der Waals surface area contributed by atoms with Gasteiger partial charge in [0, 0.05) is 29.7 Å². The first-order valence-corrected chi connectivity index (χ1v) is 8.62. The summed E-state index contributed by atoms with van der Waals surface area (Å²) in [6, 6.07) is 6.22. The summed E-state index contributed by atoms with van der Waals surface area (Å²) in [7, 11) is 3.91. The van der Waals surface area contributed by atoms with Gasteiger partial charge in [0.15, 0.2) is 0 Å². The van der Waals surface area contributed by atoms with Crippen LogP contribution in [-0.4, -0.2) is 43.3 Å². The topological polar surface area (TPSA) is 37.5 Å². The Labute approximate surface area is 138 Å². The van der Waals surface area contributed by atoms with E-state index in [0.29, 0.717) is 6.10 Å². The summed E-state index contributed by atoms with van der Waals surface area (Å²) in [5.41, 5.74) is 3.81. The Bertz CT molecular complexity index is 644. The molecule has 1 aromatic heterocycles. The molecule has 3 rings (SSSR count). The van der Waals surface area contributed by atoms with Crippen molar-refractivity contribution < 1.29 is 9.47 Å². The van der Waals surface area contributed by atoms with Crippen molar-refractivity contribution in [3.05, 3.63) is 29.5 Å². The lowest BCUT2D eigenvalue weighted by Crippen LogP contribution is -2.21. The zero-order chi connectivity index (χ0) is 16.2. The van der Waals surface area contributed by atoms with Gasteiger partial charge in [-0.3, -0.25) is 0 Å². The Morgan fingerprint density at radius 2 is 2.26 bits per heavy atom. The lowest BCUT2D eigenvalue weighted by Gasteiger charge is -2.17. The number of hydrogen-bond acceptors (Lipinski definition) is 3. The average Bonchev–Trinajstić information content (AvgIpc) is 3.16. The van der Waals surface area contributed by atoms with Crippen LogP contribution in [0.1, 0.15) is 36.9 Å². The third-order valence-corrected chi connectivity index (χ3v) is 4.89. The van der Waals surface area contributed by atoms with Crippen LogP contribution < -0.4 is 4.74 Å². The van der Waals surface area contributed by atoms with Gasteiger partial charge in [-0.15, -0.1) is 0 Å². The Morgan fingerprint density at radius 3 is 3.00 bits per heavy atom. The summed E-state index contributed by atoms with van der Waals surface area (Å²) in [4.78, 5) is 5.95. The lowest BCUT2D eigenvalue weighted by atomic mass is 10.1. The minimum atomic E-state index is 0.505. The molecule has 0 amide bonds. The summed E-state index contributed by atoms with van der Waals surface area (Å²) in [6.45, 7) is 5.21. The highest BCUT2D eigenvalue weighted by atomic mass is 16.5. The van der Waals surface area contributed by atoms with E-state index in [0.717, 1.165) is 25.4 Å². The van der Waals surface area contributed by atoms with E-state index in [-0.39, 0.29) is 0 Å². The van der Waals surface area contributed by atoms with Crippen molar-refractivity contribution in [2.24, 2.45) is 0 Å². The van der Waals surface area contributed by atoms with E-state index in [4.69, 9.17) is 9.47 Å². The van der Waals surface area contributed by atoms with Crippen LogP contribution in [0.3, 0.4) is 0 Å². The van der Waals surface area contributed by atoms with Crippen molar-refractivity contribution in [1.29, 1.82) is 0 Å². The van der Waals surface area contributed by atoms with Gasteiger partial charge in [0.1, 0.15) is 5.75 Å². The number of benzene rings is 1. The van der Waals surface area contributed by atoms with E-state index in [1.165, 1.54) is 47.8 Å². The fourth-order valence-corrected chi connectivity index (χ4v) is 3.46. The Kier molecular flexibility index (Phi) is 5.23. The van der Waals surface area contributed by atoms with Gasteiger partial charge in [0.05, 0.1) is 13.2 Å². The first-order valence-electron chi connectivity index (χ1n) is 8.62. The summed E-state index contributed by atoms with van der Waals surface area (Å²) in [5, 5.41) is 1.26. The molecule has 1 N–H and O–H groups in total. The lowest BCUT2D eigenvalue weighted by molar-refractivity contribution is 0.0995. The van der Waals surface area contributed by atoms with Crippen LogP contribution in [0.5, 0.6) is 5.75 Å². The summed E-state index contributed by atoms with van der Waals surface area (Å²) in [5.74, 6) is 0.913. The molecule has 2 heterocycles. The minimum Gasteiger partial charge on any atom is -0.497 e. The van der Waals surface area contributed by atoms with Crippen LogP contribution in [0.2, 0.25) is 0 Å². The fourth-order valence-electron chi connectivity index (χ4n) is 3.46. The van der Waals surface area contributed by atoms with Crippen LogP contribution in [0, 0.1) is 6.92 Å². The van der Waals surface area contributed by atoms with E-state index in [1.807, 2.05) is 6.07 Å². The first kappa shape index (κ1) is 16.3. The molecule has 126 valence electrons. The fraction of sp³-hybridized carbons (Fsp3) is 0.579. The maximum Gasteiger partial charge on any atom is 0.119 e. The molecule has 1 aliphatic rings. The number of nitrogens with zero attached hydrogens (tertiary/aromatic N) is 1. The predicted molar refractivity (Wildman–Crippen MR) is 94.1 cm³/mol. The monoisotopic (exact) mass is 316 g/mol. The number of hydrogen-bond donors (Lipinski definition) is 1. The molecule has 1 saturated heterocycles. The highest BCUT2D eigenvalue weighted by molar-refractivity contribution is 5.85. The van der Waals surface area contributed by atoms with Gasteiger partial charge in [-0.05, 0) is 70.0 Å². The van der Waals surface area contributed by atoms with Gasteiger partial charge < -0.3 is 19.4 Å². The van der Waals surface area contributed by atoms with Crippen molar-refractivity contribution in [2.45, 2.75) is 45.3 Å². The quantitative estimate of drug-likeness (QED) is 0.842. The van der Waals surface area contributed by atoms with Crippen LogP contribution >= 0.6 is 0 Å². The molecule has 0 aliphatic carbocycles. The molecular weight excluding hydrogens is 288 g/mol. The third kappa shape index (κ3) is 3.88. The van der Waals surface area contributed by atoms with Gasteiger partial charge in [0.2, 0.25) is 0 Å². The second-order valence-corrected chi connectivity index (χ2v) is 6.66. The molecule has 1 fully saturated rings. The normalized spacial score (nSPS) is 18.2. The molecule has 1 aromatic carbocycles. The Balaban J connectivity index is 1.58. The van der Waals surface area contributed by atoms with Gasteiger partial charge in [-0.25, -0.2) is 0 Å². The minimum absolute atomic E-state index is 0.505. The number of aromatic nitrogens is 1. The number of nitrogens with one attached hydrogen (secondary N) is 1. The summed E-state index contributed by atoms with van der Waals surface area (Å²) >= 11 is 0. The van der Waals surface area contributed by atoms with Gasteiger partial charge in [-0.2, -0.15) is 0 Å². The van der Waals surface area contributed by atoms with Crippen LogP contribution in [-0.2, 0) is 11.3 Å². The van der Waals surface area contributed by atoms with Crippen molar-refractivity contribution in [1.82, 2.24) is 9.88 Å². The van der Waals surface area contributed by atoms with E-state index < -0.39 is 0 Å². The number of rotatable bonds is 7. The second kappa shape index (κ2) is 7.37. The van der Waals surface area contributed by atoms with Crippen LogP contribution in [0.25, 0.3) is 10.9 Å². The standard InChI is InChI=1S/C19H28N2O2/c1-14-17-12-16(22-3)8-9-18(17)20-19(14)13-21(2)10-4-6-15-7-5-11-23-15/h8-9,12,15,20H,4-7,10-11,13H2,1-3H3/t15-/m0/s1. The largest absolute Gasteiger partial charge is 0.497 e. The number of H-pyrrole nitrogens is 1. The zero-order valence-corrected chi connectivity index (χ0v) is 14.5. The second-order valence-electron chi connectivity index (χ2n) is 6.66. The van der Waals surface area contributed by atoms with E-state index in [1.54, 1.807) is 7.11 Å². The van der Waals surface area contributed by atoms with E-state index in [9.17, 15) is 0 Å². The predicted octanol–water partition coefficient (Wildman–Crippen LogP) is 3.88. The number of methoxy groups -OCH3 is 1. The number of aromatic amines is 1. The third-order valence-electron chi connectivity index (χ3n) is 4.89. The SMILES string of the molecule is COc1ccc2[nH]c(CN(C)CCC[C@H]3CCCO3)c(C)c2c1. The summed E-state index contributed by atoms with van der Waals surface area (Å²) in [6.07, 6.45) is 5.37. The number of ether oxygens (including phenoxy) is 2. The molecule has 4 nitrogen and oxygen atoms in total. The van der Waals surface area contributed by atoms with Crippen molar-refractivity contribution in [3.8, 4) is 5.75 Å². The number of fused-ring (bicyclic) bond motifs is 1. The zero-order valence-electron chi connectivity index (χ0n) is 14.5. The summed E-state index contributed by atoms with van der Waals surface area (Å²) < 4.78 is 11.0. The van der Waals surface area contributed by atoms with E-state index >= 15 is 0 Å². The van der Waals surface area contributed by atoms with Crippen molar-refractivity contribution in [3.63, 3.8) is 0 Å². The Hall–Kier alpha value is -1.52. The molecule has 0 unspecified atom stereocenters. The highest BCUT2D eigenvalue weighted by Crippen LogP contribution is 2.26. The maximum absolute atomic E-state index is 5.70. The van der Waals surface area contributed by atoms with Crippen molar-refractivity contribution in [2.75, 3.05) is 27.3 Å². The van der Waals surface area contributed by atoms with Gasteiger partial charge >= 0.3 is 0 Å². The molecule has 0 bridgehead atoms. The molecule has 1 atom stereocenters. The molecule has 4 heteroatoms. The molecule has 23 heavy (non-hydrogen) atoms. The smallest absolute Gasteiger partial charge is 0.119 e. The number of aryl methyl sites for hydroxylation is 1. The van der Waals surface area contributed by atoms with Crippen LogP contribution in [0.15, 0.2) is 18.2 Å². The van der Waals surface area contributed by atoms with Gasteiger partial charge in [-0.1, -0.05) is 0 Å². The molecule has 0 radical (unpaired) electrons. The molecule has 0 spiro atoms. The first-order chi connectivity index (χ1) is 11.2. The molecule has 0 saturated carbocycles. The van der Waals surface area contributed by atoms with E-state index in [2.05, 4.69) is 36.0 Å². The van der Waals surface area contributed by atoms with Crippen LogP contribution in [0.4, 0.5) is 0 Å². The highest BCUT2D eigenvalue weighted by Gasteiger charge is 2.15. The molecule has 1 aliphatic heterocycles.